The highest BCUT2D eigenvalue weighted by Crippen LogP contribution is 2.28. The van der Waals surface area contributed by atoms with E-state index in [4.69, 9.17) is 11.6 Å². The fourth-order valence-corrected chi connectivity index (χ4v) is 3.78. The highest BCUT2D eigenvalue weighted by molar-refractivity contribution is 9.11. The second-order valence-corrected chi connectivity index (χ2v) is 7.04. The molecule has 2 atom stereocenters. The molecular weight excluding hydrogens is 401 g/mol. The van der Waals surface area contributed by atoms with Crippen molar-refractivity contribution in [3.63, 3.8) is 0 Å². The number of hydrogen-bond donors (Lipinski definition) is 1. The summed E-state index contributed by atoms with van der Waals surface area (Å²) in [7, 11) is 0. The first-order chi connectivity index (χ1) is 9.47. The maximum absolute atomic E-state index is 6.04. The third-order valence-corrected chi connectivity index (χ3v) is 4.69. The maximum atomic E-state index is 6.04. The van der Waals surface area contributed by atoms with Gasteiger partial charge in [-0.05, 0) is 49.2 Å². The van der Waals surface area contributed by atoms with Crippen molar-refractivity contribution in [3.8, 4) is 0 Å². The lowest BCUT2D eigenvalue weighted by Gasteiger charge is -2.22. The zero-order valence-electron chi connectivity index (χ0n) is 11.3. The first-order valence-electron chi connectivity index (χ1n) is 6.44. The van der Waals surface area contributed by atoms with E-state index in [9.17, 15) is 0 Å². The van der Waals surface area contributed by atoms with Crippen LogP contribution in [0, 0.1) is 0 Å². The molecule has 0 bridgehead atoms. The molecule has 0 heterocycles. The van der Waals surface area contributed by atoms with E-state index in [-0.39, 0.29) is 12.1 Å². The highest BCUT2D eigenvalue weighted by Gasteiger charge is 2.13. The van der Waals surface area contributed by atoms with Gasteiger partial charge in [-0.3, -0.25) is 0 Å². The number of benzene rings is 2. The van der Waals surface area contributed by atoms with Gasteiger partial charge in [-0.1, -0.05) is 61.7 Å². The van der Waals surface area contributed by atoms with E-state index < -0.39 is 0 Å². The molecule has 0 aliphatic heterocycles. The second-order valence-electron chi connectivity index (χ2n) is 4.83. The van der Waals surface area contributed by atoms with Gasteiger partial charge in [0.05, 0.1) is 0 Å². The first-order valence-corrected chi connectivity index (χ1v) is 8.40. The van der Waals surface area contributed by atoms with Crippen LogP contribution in [0.5, 0.6) is 0 Å². The van der Waals surface area contributed by atoms with Crippen LogP contribution in [-0.4, -0.2) is 0 Å². The number of rotatable bonds is 4. The Morgan fingerprint density at radius 2 is 1.75 bits per heavy atom. The Morgan fingerprint density at radius 3 is 2.40 bits per heavy atom. The van der Waals surface area contributed by atoms with Crippen LogP contribution in [0.1, 0.15) is 37.1 Å². The van der Waals surface area contributed by atoms with Crippen molar-refractivity contribution in [3.05, 3.63) is 67.6 Å². The van der Waals surface area contributed by atoms with E-state index in [0.29, 0.717) is 0 Å². The zero-order valence-corrected chi connectivity index (χ0v) is 15.3. The summed E-state index contributed by atoms with van der Waals surface area (Å²) in [6.45, 7) is 4.31. The summed E-state index contributed by atoms with van der Waals surface area (Å²) < 4.78 is 2.17. The Morgan fingerprint density at radius 1 is 1.00 bits per heavy atom. The molecule has 0 aliphatic rings. The lowest BCUT2D eigenvalue weighted by Crippen LogP contribution is -2.22. The molecule has 2 aromatic carbocycles. The molecule has 2 aromatic rings. The van der Waals surface area contributed by atoms with E-state index in [0.717, 1.165) is 14.0 Å². The first kappa shape index (κ1) is 16.0. The Kier molecular flexibility index (Phi) is 5.67. The summed E-state index contributed by atoms with van der Waals surface area (Å²) in [5, 5.41) is 4.37. The maximum Gasteiger partial charge on any atom is 0.0409 e. The molecule has 0 aromatic heterocycles. The van der Waals surface area contributed by atoms with Crippen molar-refractivity contribution in [2.24, 2.45) is 0 Å². The van der Waals surface area contributed by atoms with Gasteiger partial charge in [0.2, 0.25) is 0 Å². The lowest BCUT2D eigenvalue weighted by atomic mass is 10.0. The molecule has 2 rings (SSSR count). The van der Waals surface area contributed by atoms with Gasteiger partial charge in [0, 0.05) is 26.1 Å². The largest absolute Gasteiger partial charge is 0.304 e. The standard InChI is InChI=1S/C16H16Br2ClN/c1-10(12-4-3-5-14(19)8-12)20-11(2)15-7-6-13(17)9-16(15)18/h3-11,20H,1-2H3/t10-,11?/m0/s1. The van der Waals surface area contributed by atoms with E-state index in [1.54, 1.807) is 0 Å². The molecule has 0 saturated carbocycles. The molecule has 0 aliphatic carbocycles. The van der Waals surface area contributed by atoms with E-state index in [2.05, 4.69) is 75.3 Å². The van der Waals surface area contributed by atoms with Gasteiger partial charge in [0.1, 0.15) is 0 Å². The van der Waals surface area contributed by atoms with Crippen molar-refractivity contribution in [1.29, 1.82) is 0 Å². The Bertz CT molecular complexity index is 601. The molecule has 4 heteroatoms. The van der Waals surface area contributed by atoms with Crippen molar-refractivity contribution in [1.82, 2.24) is 5.32 Å². The third kappa shape index (κ3) is 4.08. The highest BCUT2D eigenvalue weighted by atomic mass is 79.9. The van der Waals surface area contributed by atoms with Crippen molar-refractivity contribution >= 4 is 43.5 Å². The van der Waals surface area contributed by atoms with E-state index >= 15 is 0 Å². The van der Waals surface area contributed by atoms with Gasteiger partial charge < -0.3 is 5.32 Å². The van der Waals surface area contributed by atoms with Crippen molar-refractivity contribution in [2.45, 2.75) is 25.9 Å². The van der Waals surface area contributed by atoms with Crippen LogP contribution in [-0.2, 0) is 0 Å². The van der Waals surface area contributed by atoms with Gasteiger partial charge in [0.15, 0.2) is 0 Å². The average Bonchev–Trinajstić information content (AvgIpc) is 2.38. The monoisotopic (exact) mass is 415 g/mol. The SMILES string of the molecule is CC(N[C@@H](C)c1cccc(Cl)c1)c1ccc(Br)cc1Br. The molecule has 0 radical (unpaired) electrons. The molecule has 1 N–H and O–H groups in total. The predicted octanol–water partition coefficient (Wildman–Crippen LogP) is 6.28. The predicted molar refractivity (Wildman–Crippen MR) is 93.3 cm³/mol. The van der Waals surface area contributed by atoms with Gasteiger partial charge in [-0.2, -0.15) is 0 Å². The van der Waals surface area contributed by atoms with Gasteiger partial charge in [-0.25, -0.2) is 0 Å². The molecule has 0 amide bonds. The van der Waals surface area contributed by atoms with Gasteiger partial charge in [0.25, 0.3) is 0 Å². The third-order valence-electron chi connectivity index (χ3n) is 3.28. The minimum atomic E-state index is 0.235. The number of halogens is 3. The molecule has 1 nitrogen and oxygen atoms in total. The van der Waals surface area contributed by atoms with Crippen molar-refractivity contribution in [2.75, 3.05) is 0 Å². The van der Waals surface area contributed by atoms with Crippen LogP contribution in [0.3, 0.4) is 0 Å². The summed E-state index contributed by atoms with van der Waals surface area (Å²) in [4.78, 5) is 0. The molecule has 0 saturated heterocycles. The molecule has 0 fully saturated rings. The Labute approximate surface area is 142 Å². The van der Waals surface area contributed by atoms with Crippen molar-refractivity contribution < 1.29 is 0 Å². The molecule has 1 unspecified atom stereocenters. The van der Waals surface area contributed by atoms with Gasteiger partial charge in [-0.15, -0.1) is 0 Å². The second kappa shape index (κ2) is 7.08. The molecular formula is C16H16Br2ClN. The van der Waals surface area contributed by atoms with Crippen LogP contribution in [0.4, 0.5) is 0 Å². The van der Waals surface area contributed by atoms with Crippen LogP contribution < -0.4 is 5.32 Å². The molecule has 106 valence electrons. The minimum absolute atomic E-state index is 0.235. The molecule has 20 heavy (non-hydrogen) atoms. The molecule has 0 spiro atoms. The topological polar surface area (TPSA) is 12.0 Å². The quantitative estimate of drug-likeness (QED) is 0.618. The van der Waals surface area contributed by atoms with Crippen LogP contribution in [0.25, 0.3) is 0 Å². The van der Waals surface area contributed by atoms with E-state index in [1.807, 2.05) is 18.2 Å². The normalized spacial score (nSPS) is 14.1. The fourth-order valence-electron chi connectivity index (χ4n) is 2.19. The smallest absolute Gasteiger partial charge is 0.0409 e. The van der Waals surface area contributed by atoms with Gasteiger partial charge >= 0.3 is 0 Å². The summed E-state index contributed by atoms with van der Waals surface area (Å²) in [6, 6.07) is 14.7. The summed E-state index contributed by atoms with van der Waals surface area (Å²) in [6.07, 6.45) is 0. The zero-order chi connectivity index (χ0) is 14.7. The summed E-state index contributed by atoms with van der Waals surface area (Å²) >= 11 is 13.1. The fraction of sp³-hybridized carbons (Fsp3) is 0.250. The Hall–Kier alpha value is -0.350. The summed E-state index contributed by atoms with van der Waals surface area (Å²) in [5.74, 6) is 0. The number of nitrogens with one attached hydrogen (secondary N) is 1. The number of hydrogen-bond acceptors (Lipinski definition) is 1. The lowest BCUT2D eigenvalue weighted by molar-refractivity contribution is 0.493. The average molecular weight is 418 g/mol. The van der Waals surface area contributed by atoms with E-state index in [1.165, 1.54) is 11.1 Å². The van der Waals surface area contributed by atoms with Crippen LogP contribution in [0.2, 0.25) is 5.02 Å². The Balaban J connectivity index is 2.12. The summed E-state index contributed by atoms with van der Waals surface area (Å²) in [5.41, 5.74) is 2.43. The minimum Gasteiger partial charge on any atom is -0.304 e. The van der Waals surface area contributed by atoms with Crippen LogP contribution in [0.15, 0.2) is 51.4 Å². The van der Waals surface area contributed by atoms with Crippen LogP contribution >= 0.6 is 43.5 Å².